The van der Waals surface area contributed by atoms with Crippen molar-refractivity contribution in [3.63, 3.8) is 0 Å². The minimum Gasteiger partial charge on any atom is -0.478 e. The number of para-hydroxylation sites is 1. The maximum Gasteiger partial charge on any atom is 0.336 e. The SMILES string of the molecule is O=C(O)c1cc(C=Cc2ccc3[nH]ncc3c2)nc2ccccc12. The molecule has 0 aliphatic rings. The van der Waals surface area contributed by atoms with E-state index in [-0.39, 0.29) is 5.56 Å². The van der Waals surface area contributed by atoms with Crippen molar-refractivity contribution < 1.29 is 9.90 Å². The molecule has 5 heteroatoms. The molecule has 0 spiro atoms. The first-order chi connectivity index (χ1) is 11.7. The van der Waals surface area contributed by atoms with Gasteiger partial charge in [0, 0.05) is 10.8 Å². The summed E-state index contributed by atoms with van der Waals surface area (Å²) in [6.45, 7) is 0. The van der Waals surface area contributed by atoms with Gasteiger partial charge < -0.3 is 5.11 Å². The average molecular weight is 315 g/mol. The van der Waals surface area contributed by atoms with Crippen LogP contribution in [-0.4, -0.2) is 26.3 Å². The molecule has 0 amide bonds. The summed E-state index contributed by atoms with van der Waals surface area (Å²) in [6.07, 6.45) is 5.50. The van der Waals surface area contributed by atoms with Crippen LogP contribution in [0.15, 0.2) is 54.7 Å². The number of H-pyrrole nitrogens is 1. The predicted octanol–water partition coefficient (Wildman–Crippen LogP) is 3.98. The van der Waals surface area contributed by atoms with Crippen LogP contribution in [-0.2, 0) is 0 Å². The van der Waals surface area contributed by atoms with E-state index in [2.05, 4.69) is 15.2 Å². The molecule has 0 atom stereocenters. The van der Waals surface area contributed by atoms with Gasteiger partial charge in [0.05, 0.1) is 28.5 Å². The molecule has 0 aliphatic heterocycles. The van der Waals surface area contributed by atoms with Gasteiger partial charge in [-0.2, -0.15) is 5.10 Å². The Balaban J connectivity index is 1.77. The molecule has 2 heterocycles. The molecule has 0 bridgehead atoms. The third-order valence-corrected chi connectivity index (χ3v) is 3.88. The first-order valence-electron chi connectivity index (χ1n) is 7.45. The molecule has 0 radical (unpaired) electrons. The number of nitrogens with zero attached hydrogens (tertiary/aromatic N) is 2. The Labute approximate surface area is 137 Å². The molecule has 2 aromatic carbocycles. The van der Waals surface area contributed by atoms with Gasteiger partial charge in [0.1, 0.15) is 0 Å². The Hall–Kier alpha value is -3.47. The van der Waals surface area contributed by atoms with Crippen LogP contribution in [0.2, 0.25) is 0 Å². The summed E-state index contributed by atoms with van der Waals surface area (Å²) < 4.78 is 0. The van der Waals surface area contributed by atoms with E-state index in [1.54, 1.807) is 18.3 Å². The summed E-state index contributed by atoms with van der Waals surface area (Å²) in [5.41, 5.74) is 3.51. The van der Waals surface area contributed by atoms with Crippen molar-refractivity contribution in [1.82, 2.24) is 15.2 Å². The smallest absolute Gasteiger partial charge is 0.336 e. The zero-order valence-electron chi connectivity index (χ0n) is 12.6. The number of benzene rings is 2. The molecule has 0 aliphatic carbocycles. The van der Waals surface area contributed by atoms with E-state index in [4.69, 9.17) is 0 Å². The lowest BCUT2D eigenvalue weighted by molar-refractivity contribution is 0.0699. The van der Waals surface area contributed by atoms with Crippen molar-refractivity contribution in [1.29, 1.82) is 0 Å². The fourth-order valence-electron chi connectivity index (χ4n) is 2.70. The maximum atomic E-state index is 11.5. The van der Waals surface area contributed by atoms with Gasteiger partial charge in [-0.3, -0.25) is 5.10 Å². The second-order valence-electron chi connectivity index (χ2n) is 5.47. The predicted molar refractivity (Wildman–Crippen MR) is 93.7 cm³/mol. The molecular formula is C19H13N3O2. The molecule has 0 saturated carbocycles. The number of aromatic nitrogens is 3. The van der Waals surface area contributed by atoms with Crippen molar-refractivity contribution in [3.8, 4) is 0 Å². The van der Waals surface area contributed by atoms with Crippen LogP contribution in [0, 0.1) is 0 Å². The highest BCUT2D eigenvalue weighted by Gasteiger charge is 2.10. The van der Waals surface area contributed by atoms with Crippen LogP contribution in [0.4, 0.5) is 0 Å². The third-order valence-electron chi connectivity index (χ3n) is 3.88. The average Bonchev–Trinajstić information content (AvgIpc) is 3.06. The number of fused-ring (bicyclic) bond motifs is 2. The van der Waals surface area contributed by atoms with Crippen molar-refractivity contribution in [2.45, 2.75) is 0 Å². The standard InChI is InChI=1S/C19H13N3O2/c23-19(24)16-10-14(21-18-4-2-1-3-15(16)18)7-5-12-6-8-17-13(9-12)11-20-22-17/h1-11H,(H,20,22)(H,23,24). The number of nitrogens with one attached hydrogen (secondary N) is 1. The van der Waals surface area contributed by atoms with E-state index in [9.17, 15) is 9.90 Å². The number of aromatic carboxylic acids is 1. The summed E-state index contributed by atoms with van der Waals surface area (Å²) in [5.74, 6) is -0.955. The fraction of sp³-hybridized carbons (Fsp3) is 0. The summed E-state index contributed by atoms with van der Waals surface area (Å²) in [5, 5.41) is 18.0. The van der Waals surface area contributed by atoms with Crippen molar-refractivity contribution >= 4 is 39.9 Å². The van der Waals surface area contributed by atoms with E-state index in [1.807, 2.05) is 48.6 Å². The highest BCUT2D eigenvalue weighted by Crippen LogP contribution is 2.20. The monoisotopic (exact) mass is 315 g/mol. The molecule has 0 saturated heterocycles. The Morgan fingerprint density at radius 1 is 1.08 bits per heavy atom. The number of rotatable bonds is 3. The van der Waals surface area contributed by atoms with Crippen LogP contribution >= 0.6 is 0 Å². The number of aromatic amines is 1. The van der Waals surface area contributed by atoms with Gasteiger partial charge in [-0.05, 0) is 35.9 Å². The van der Waals surface area contributed by atoms with E-state index in [0.29, 0.717) is 16.6 Å². The number of carbonyl (C=O) groups is 1. The van der Waals surface area contributed by atoms with E-state index in [1.165, 1.54) is 0 Å². The number of carboxylic acid groups (broad SMARTS) is 1. The van der Waals surface area contributed by atoms with E-state index < -0.39 is 5.97 Å². The zero-order valence-corrected chi connectivity index (χ0v) is 12.6. The Morgan fingerprint density at radius 3 is 2.83 bits per heavy atom. The Morgan fingerprint density at radius 2 is 1.96 bits per heavy atom. The summed E-state index contributed by atoms with van der Waals surface area (Å²) >= 11 is 0. The van der Waals surface area contributed by atoms with Gasteiger partial charge in [-0.15, -0.1) is 0 Å². The van der Waals surface area contributed by atoms with Gasteiger partial charge in [0.25, 0.3) is 0 Å². The lowest BCUT2D eigenvalue weighted by atomic mass is 10.1. The molecule has 2 aromatic heterocycles. The third kappa shape index (κ3) is 2.52. The van der Waals surface area contributed by atoms with Crippen LogP contribution in [0.3, 0.4) is 0 Å². The number of pyridine rings is 1. The molecule has 5 nitrogen and oxygen atoms in total. The molecule has 4 aromatic rings. The van der Waals surface area contributed by atoms with Crippen LogP contribution in [0.5, 0.6) is 0 Å². The minimum atomic E-state index is -0.955. The summed E-state index contributed by atoms with van der Waals surface area (Å²) in [4.78, 5) is 16.0. The van der Waals surface area contributed by atoms with Gasteiger partial charge in [0.15, 0.2) is 0 Å². The maximum absolute atomic E-state index is 11.5. The molecule has 24 heavy (non-hydrogen) atoms. The molecular weight excluding hydrogens is 302 g/mol. The zero-order chi connectivity index (χ0) is 16.5. The lowest BCUT2D eigenvalue weighted by Crippen LogP contribution is -2.00. The second kappa shape index (κ2) is 5.62. The highest BCUT2D eigenvalue weighted by atomic mass is 16.4. The Kier molecular flexibility index (Phi) is 3.31. The summed E-state index contributed by atoms with van der Waals surface area (Å²) in [7, 11) is 0. The summed E-state index contributed by atoms with van der Waals surface area (Å²) in [6, 6.07) is 14.8. The van der Waals surface area contributed by atoms with Gasteiger partial charge in [0.2, 0.25) is 0 Å². The van der Waals surface area contributed by atoms with Gasteiger partial charge >= 0.3 is 5.97 Å². The van der Waals surface area contributed by atoms with Crippen LogP contribution in [0.25, 0.3) is 34.0 Å². The number of hydrogen-bond acceptors (Lipinski definition) is 3. The minimum absolute atomic E-state index is 0.255. The molecule has 4 rings (SSSR count). The normalized spacial score (nSPS) is 11.5. The lowest BCUT2D eigenvalue weighted by Gasteiger charge is -2.04. The van der Waals surface area contributed by atoms with Gasteiger partial charge in [-0.25, -0.2) is 9.78 Å². The topological polar surface area (TPSA) is 78.9 Å². The van der Waals surface area contributed by atoms with E-state index >= 15 is 0 Å². The quantitative estimate of drug-likeness (QED) is 0.599. The molecule has 116 valence electrons. The largest absolute Gasteiger partial charge is 0.478 e. The van der Waals surface area contributed by atoms with Gasteiger partial charge in [-0.1, -0.05) is 30.3 Å². The van der Waals surface area contributed by atoms with Crippen LogP contribution < -0.4 is 0 Å². The second-order valence-corrected chi connectivity index (χ2v) is 5.47. The van der Waals surface area contributed by atoms with Crippen molar-refractivity contribution in [3.05, 3.63) is 71.5 Å². The first kappa shape index (κ1) is 14.1. The number of carboxylic acids is 1. The highest BCUT2D eigenvalue weighted by molar-refractivity contribution is 6.03. The van der Waals surface area contributed by atoms with Crippen molar-refractivity contribution in [2.75, 3.05) is 0 Å². The first-order valence-corrected chi connectivity index (χ1v) is 7.45. The number of hydrogen-bond donors (Lipinski definition) is 2. The Bertz CT molecular complexity index is 1100. The van der Waals surface area contributed by atoms with Crippen LogP contribution in [0.1, 0.15) is 21.6 Å². The molecule has 0 unspecified atom stereocenters. The van der Waals surface area contributed by atoms with E-state index in [0.717, 1.165) is 16.5 Å². The molecule has 0 fully saturated rings. The van der Waals surface area contributed by atoms with Crippen molar-refractivity contribution in [2.24, 2.45) is 0 Å². The fourth-order valence-corrected chi connectivity index (χ4v) is 2.70. The molecule has 2 N–H and O–H groups in total.